The summed E-state index contributed by atoms with van der Waals surface area (Å²) in [5.74, 6) is -0.563. The number of nitrogens with zero attached hydrogens (tertiary/aromatic N) is 4. The third-order valence-corrected chi connectivity index (χ3v) is 6.21. The normalized spacial score (nSPS) is 14.4. The van der Waals surface area contributed by atoms with Crippen molar-refractivity contribution in [3.8, 4) is 0 Å². The molecule has 1 aromatic rings. The molecule has 0 aliphatic rings. The van der Waals surface area contributed by atoms with Crippen molar-refractivity contribution in [3.63, 3.8) is 0 Å². The maximum Gasteiger partial charge on any atom is 0.269 e. The van der Waals surface area contributed by atoms with Crippen LogP contribution in [-0.2, 0) is 22.3 Å². The van der Waals surface area contributed by atoms with Crippen molar-refractivity contribution in [2.45, 2.75) is 64.8 Å². The van der Waals surface area contributed by atoms with Crippen LogP contribution in [0.25, 0.3) is 10.4 Å². The minimum absolute atomic E-state index is 0.0202. The van der Waals surface area contributed by atoms with Crippen LogP contribution in [0.5, 0.6) is 0 Å². The topological polar surface area (TPSA) is 150 Å². The van der Waals surface area contributed by atoms with Crippen LogP contribution in [0.3, 0.4) is 0 Å². The predicted octanol–water partition coefficient (Wildman–Crippen LogP) is 3.99. The van der Waals surface area contributed by atoms with Gasteiger partial charge in [0.2, 0.25) is 5.91 Å². The monoisotopic (exact) mass is 452 g/mol. The summed E-state index contributed by atoms with van der Waals surface area (Å²) in [6.45, 7) is 9.95. The van der Waals surface area contributed by atoms with Crippen LogP contribution in [0.2, 0.25) is 0 Å². The summed E-state index contributed by atoms with van der Waals surface area (Å²) in [5, 5.41) is 17.2. The molecule has 172 valence electrons. The van der Waals surface area contributed by atoms with Crippen LogP contribution in [0.4, 0.5) is 5.69 Å². The zero-order valence-corrected chi connectivity index (χ0v) is 19.5. The van der Waals surface area contributed by atoms with E-state index in [1.807, 2.05) is 34.6 Å². The molecule has 0 bridgehead atoms. The zero-order valence-electron chi connectivity index (χ0n) is 18.7. The van der Waals surface area contributed by atoms with E-state index < -0.39 is 26.6 Å². The van der Waals surface area contributed by atoms with E-state index >= 15 is 0 Å². The number of hydrogen-bond donors (Lipinski definition) is 2. The number of carbonyl (C=O) groups excluding carboxylic acids is 1. The molecule has 31 heavy (non-hydrogen) atoms. The number of nitro groups is 1. The standard InChI is InChI=1S/C20H32N6O4S/c1-14(2)12-18(24-31(30)20(3,4)5)17(10-11-23-25-21)19(27)22-13-15-6-8-16(9-7-15)26(28)29/h6-9,14,17-18,24H,10-13H2,1-5H3,(H,22,27)/t17-,18+,31+/m0/s1. The maximum atomic E-state index is 13.0. The highest BCUT2D eigenvalue weighted by molar-refractivity contribution is 7.84. The average Bonchev–Trinajstić information content (AvgIpc) is 2.68. The van der Waals surface area contributed by atoms with Gasteiger partial charge in [0.25, 0.3) is 5.69 Å². The SMILES string of the molecule is CC(C)C[C@@H](N[S@](=O)C(C)(C)C)[C@H](CCN=[N+]=[N-])C(=O)NCc1ccc([N+](=O)[O-])cc1. The van der Waals surface area contributed by atoms with Gasteiger partial charge in [-0.2, -0.15) is 0 Å². The fraction of sp³-hybridized carbons (Fsp3) is 0.650. The Bertz CT molecular complexity index is 816. The Morgan fingerprint density at radius 1 is 1.29 bits per heavy atom. The van der Waals surface area contributed by atoms with Crippen LogP contribution < -0.4 is 10.0 Å². The molecule has 1 amide bonds. The third kappa shape index (κ3) is 9.46. The average molecular weight is 453 g/mol. The lowest BCUT2D eigenvalue weighted by Gasteiger charge is -2.31. The molecule has 0 unspecified atom stereocenters. The Morgan fingerprint density at radius 2 is 1.90 bits per heavy atom. The summed E-state index contributed by atoms with van der Waals surface area (Å²) in [6, 6.07) is 5.58. The smallest absolute Gasteiger partial charge is 0.269 e. The fourth-order valence-electron chi connectivity index (χ4n) is 2.93. The number of nitrogens with one attached hydrogen (secondary N) is 2. The molecular formula is C20H32N6O4S. The first-order valence-corrected chi connectivity index (χ1v) is 11.3. The third-order valence-electron chi connectivity index (χ3n) is 4.58. The highest BCUT2D eigenvalue weighted by atomic mass is 32.2. The van der Waals surface area contributed by atoms with Crippen molar-refractivity contribution in [2.75, 3.05) is 6.54 Å². The van der Waals surface area contributed by atoms with Gasteiger partial charge in [0, 0.05) is 36.2 Å². The van der Waals surface area contributed by atoms with Gasteiger partial charge in [-0.05, 0) is 50.6 Å². The molecule has 11 heteroatoms. The highest BCUT2D eigenvalue weighted by Gasteiger charge is 2.32. The second kappa shape index (κ2) is 12.4. The summed E-state index contributed by atoms with van der Waals surface area (Å²) < 4.78 is 15.3. The van der Waals surface area contributed by atoms with Crippen LogP contribution >= 0.6 is 0 Å². The second-order valence-electron chi connectivity index (χ2n) is 8.73. The number of non-ortho nitro benzene ring substituents is 1. The molecule has 0 spiro atoms. The number of amides is 1. The molecular weight excluding hydrogens is 420 g/mol. The van der Waals surface area contributed by atoms with Crippen molar-refractivity contribution in [1.82, 2.24) is 10.0 Å². The molecule has 10 nitrogen and oxygen atoms in total. The zero-order chi connectivity index (χ0) is 23.6. The fourth-order valence-corrected chi connectivity index (χ4v) is 3.82. The number of benzene rings is 1. The van der Waals surface area contributed by atoms with Crippen molar-refractivity contribution < 1.29 is 13.9 Å². The Kier molecular flexibility index (Phi) is 10.6. The summed E-state index contributed by atoms with van der Waals surface area (Å²) >= 11 is 0. The lowest BCUT2D eigenvalue weighted by atomic mass is 9.89. The number of carbonyl (C=O) groups is 1. The number of nitro benzene ring substituents is 1. The first-order chi connectivity index (χ1) is 14.5. The predicted molar refractivity (Wildman–Crippen MR) is 121 cm³/mol. The van der Waals surface area contributed by atoms with Crippen LogP contribution in [0.15, 0.2) is 29.4 Å². The summed E-state index contributed by atoms with van der Waals surface area (Å²) in [4.78, 5) is 26.1. The molecule has 0 heterocycles. The number of hydrogen-bond acceptors (Lipinski definition) is 5. The van der Waals surface area contributed by atoms with Gasteiger partial charge in [0.05, 0.1) is 26.6 Å². The molecule has 0 fully saturated rings. The molecule has 1 aromatic carbocycles. The van der Waals surface area contributed by atoms with E-state index in [0.717, 1.165) is 5.56 Å². The van der Waals surface area contributed by atoms with Crippen molar-refractivity contribution in [2.24, 2.45) is 17.0 Å². The minimum atomic E-state index is -1.37. The first kappa shape index (κ1) is 26.5. The van der Waals surface area contributed by atoms with Crippen molar-refractivity contribution in [1.29, 1.82) is 0 Å². The number of azide groups is 1. The summed E-state index contributed by atoms with van der Waals surface area (Å²) in [6.07, 6.45) is 0.926. The van der Waals surface area contributed by atoms with Gasteiger partial charge in [0.1, 0.15) is 0 Å². The molecule has 0 aliphatic carbocycles. The van der Waals surface area contributed by atoms with Crippen molar-refractivity contribution >= 4 is 22.6 Å². The molecule has 0 saturated carbocycles. The molecule has 3 atom stereocenters. The summed E-state index contributed by atoms with van der Waals surface area (Å²) in [5.41, 5.74) is 9.31. The Labute approximate surface area is 185 Å². The summed E-state index contributed by atoms with van der Waals surface area (Å²) in [7, 11) is -1.37. The van der Waals surface area contributed by atoms with E-state index in [-0.39, 0.29) is 36.6 Å². The first-order valence-electron chi connectivity index (χ1n) is 10.2. The largest absolute Gasteiger partial charge is 0.352 e. The Morgan fingerprint density at radius 3 is 2.39 bits per heavy atom. The van der Waals surface area contributed by atoms with E-state index in [1.165, 1.54) is 12.1 Å². The molecule has 0 saturated heterocycles. The van der Waals surface area contributed by atoms with E-state index in [0.29, 0.717) is 12.8 Å². The van der Waals surface area contributed by atoms with Gasteiger partial charge in [-0.3, -0.25) is 14.9 Å². The Balaban J connectivity index is 3.00. The Hall–Kier alpha value is -2.49. The van der Waals surface area contributed by atoms with Gasteiger partial charge >= 0.3 is 0 Å². The van der Waals surface area contributed by atoms with E-state index in [2.05, 4.69) is 20.1 Å². The molecule has 2 N–H and O–H groups in total. The van der Waals surface area contributed by atoms with E-state index in [1.54, 1.807) is 12.1 Å². The second-order valence-corrected chi connectivity index (χ2v) is 10.7. The molecule has 0 aliphatic heterocycles. The lowest BCUT2D eigenvalue weighted by Crippen LogP contribution is -2.49. The van der Waals surface area contributed by atoms with Crippen LogP contribution in [-0.4, -0.2) is 32.4 Å². The molecule has 0 aromatic heterocycles. The van der Waals surface area contributed by atoms with Gasteiger partial charge < -0.3 is 5.32 Å². The van der Waals surface area contributed by atoms with Crippen LogP contribution in [0, 0.1) is 22.0 Å². The van der Waals surface area contributed by atoms with Crippen molar-refractivity contribution in [3.05, 3.63) is 50.4 Å². The van der Waals surface area contributed by atoms with Gasteiger partial charge in [-0.15, -0.1) is 0 Å². The number of rotatable bonds is 12. The van der Waals surface area contributed by atoms with E-state index in [9.17, 15) is 19.1 Å². The highest BCUT2D eigenvalue weighted by Crippen LogP contribution is 2.21. The van der Waals surface area contributed by atoms with Crippen LogP contribution in [0.1, 0.15) is 53.0 Å². The molecule has 0 radical (unpaired) electrons. The quantitative estimate of drug-likeness (QED) is 0.162. The maximum absolute atomic E-state index is 13.0. The van der Waals surface area contributed by atoms with Gasteiger partial charge in [-0.25, -0.2) is 8.93 Å². The minimum Gasteiger partial charge on any atom is -0.352 e. The lowest BCUT2D eigenvalue weighted by molar-refractivity contribution is -0.384. The van der Waals surface area contributed by atoms with E-state index in [4.69, 9.17) is 5.53 Å². The van der Waals surface area contributed by atoms with Gasteiger partial charge in [0.15, 0.2) is 0 Å². The molecule has 1 rings (SSSR count). The van der Waals surface area contributed by atoms with Gasteiger partial charge in [-0.1, -0.05) is 31.1 Å².